The second kappa shape index (κ2) is 9.82. The maximum atomic E-state index is 14.9. The number of amides is 2. The van der Waals surface area contributed by atoms with Gasteiger partial charge in [-0.2, -0.15) is 0 Å². The SMILES string of the molecule is COc1cc(-c2cc(F)c3c(c2NC(=O)NS(=O)(=O)C2CN(Cc4cccnc4)C2)CCC3)ccn1. The predicted molar refractivity (Wildman–Crippen MR) is 133 cm³/mol. The molecule has 2 N–H and O–H groups in total. The van der Waals surface area contributed by atoms with Crippen molar-refractivity contribution in [2.24, 2.45) is 0 Å². The van der Waals surface area contributed by atoms with Crippen LogP contribution in [0.5, 0.6) is 5.88 Å². The number of carbonyl (C=O) groups is 1. The fraction of sp³-hybridized carbons (Fsp3) is 0.320. The summed E-state index contributed by atoms with van der Waals surface area (Å²) in [4.78, 5) is 23.0. The summed E-state index contributed by atoms with van der Waals surface area (Å²) in [5.74, 6) is -0.0118. The molecule has 2 aromatic heterocycles. The van der Waals surface area contributed by atoms with Gasteiger partial charge in [0.25, 0.3) is 0 Å². The van der Waals surface area contributed by atoms with E-state index >= 15 is 0 Å². The first-order valence-electron chi connectivity index (χ1n) is 11.6. The second-order valence-electron chi connectivity index (χ2n) is 8.96. The fourth-order valence-corrected chi connectivity index (χ4v) is 6.03. The van der Waals surface area contributed by atoms with Crippen molar-refractivity contribution in [2.75, 3.05) is 25.5 Å². The standard InChI is InChI=1S/C25H26FN5O4S/c1-35-23-10-17(7-9-28-23)21-11-22(26)19-5-2-6-20(19)24(21)29-25(32)30-36(33,34)18-14-31(15-18)13-16-4-3-8-27-12-16/h3-4,7-12,18H,2,5-6,13-15H2,1H3,(H2,29,30,32). The molecular formula is C25H26FN5O4S. The number of urea groups is 1. The number of hydrogen-bond donors (Lipinski definition) is 2. The molecule has 1 saturated heterocycles. The Morgan fingerprint density at radius 1 is 1.19 bits per heavy atom. The molecule has 0 atom stereocenters. The number of halogens is 1. The third-order valence-electron chi connectivity index (χ3n) is 6.57. The summed E-state index contributed by atoms with van der Waals surface area (Å²) in [6, 6.07) is 7.58. The quantitative estimate of drug-likeness (QED) is 0.501. The van der Waals surface area contributed by atoms with Gasteiger partial charge >= 0.3 is 6.03 Å². The van der Waals surface area contributed by atoms with Crippen LogP contribution in [0.4, 0.5) is 14.9 Å². The van der Waals surface area contributed by atoms with Crippen LogP contribution in [0.25, 0.3) is 11.1 Å². The molecule has 1 aromatic carbocycles. The van der Waals surface area contributed by atoms with Gasteiger partial charge in [0, 0.05) is 49.9 Å². The molecule has 3 aromatic rings. The van der Waals surface area contributed by atoms with Gasteiger partial charge in [-0.05, 0) is 59.7 Å². The van der Waals surface area contributed by atoms with Crippen LogP contribution in [0.15, 0.2) is 48.9 Å². The summed E-state index contributed by atoms with van der Waals surface area (Å²) in [7, 11) is -2.42. The van der Waals surface area contributed by atoms with Crippen molar-refractivity contribution in [3.63, 3.8) is 0 Å². The molecule has 0 radical (unpaired) electrons. The highest BCUT2D eigenvalue weighted by Gasteiger charge is 2.38. The Kier molecular flexibility index (Phi) is 6.59. The number of anilines is 1. The van der Waals surface area contributed by atoms with Crippen molar-refractivity contribution in [1.82, 2.24) is 19.6 Å². The number of nitrogens with one attached hydrogen (secondary N) is 2. The lowest BCUT2D eigenvalue weighted by Crippen LogP contribution is -2.58. The molecule has 2 aliphatic rings. The normalized spacial score (nSPS) is 15.7. The van der Waals surface area contributed by atoms with Crippen LogP contribution in [-0.4, -0.2) is 54.8 Å². The van der Waals surface area contributed by atoms with Crippen molar-refractivity contribution in [3.05, 3.63) is 71.4 Å². The van der Waals surface area contributed by atoms with Gasteiger partial charge in [-0.25, -0.2) is 27.3 Å². The zero-order chi connectivity index (χ0) is 25.3. The number of benzene rings is 1. The number of methoxy groups -OCH3 is 1. The second-order valence-corrected chi connectivity index (χ2v) is 10.9. The van der Waals surface area contributed by atoms with Crippen LogP contribution in [0, 0.1) is 5.82 Å². The molecule has 1 aliphatic heterocycles. The summed E-state index contributed by atoms with van der Waals surface area (Å²) in [5.41, 5.74) is 3.65. The lowest BCUT2D eigenvalue weighted by molar-refractivity contribution is 0.175. The number of pyridine rings is 2. The number of nitrogens with zero attached hydrogens (tertiary/aromatic N) is 3. The molecule has 1 aliphatic carbocycles. The van der Waals surface area contributed by atoms with E-state index in [9.17, 15) is 17.6 Å². The molecule has 9 nitrogen and oxygen atoms in total. The number of hydrogen-bond acceptors (Lipinski definition) is 7. The summed E-state index contributed by atoms with van der Waals surface area (Å²) in [6.45, 7) is 1.21. The highest BCUT2D eigenvalue weighted by molar-refractivity contribution is 7.90. The van der Waals surface area contributed by atoms with Crippen LogP contribution in [0.3, 0.4) is 0 Å². The fourth-order valence-electron chi connectivity index (χ4n) is 4.74. The Bertz CT molecular complexity index is 1400. The smallest absolute Gasteiger partial charge is 0.332 e. The average molecular weight is 512 g/mol. The minimum absolute atomic E-state index is 0.311. The van der Waals surface area contributed by atoms with Gasteiger partial charge in [0.05, 0.1) is 12.8 Å². The summed E-state index contributed by atoms with van der Waals surface area (Å²) < 4.78 is 47.9. The average Bonchev–Trinajstić information content (AvgIpc) is 3.34. The molecular weight excluding hydrogens is 485 g/mol. The van der Waals surface area contributed by atoms with Gasteiger partial charge in [-0.1, -0.05) is 6.07 Å². The summed E-state index contributed by atoms with van der Waals surface area (Å²) in [5, 5.41) is 2.00. The third-order valence-corrected chi connectivity index (χ3v) is 8.21. The molecule has 2 amide bonds. The van der Waals surface area contributed by atoms with E-state index in [4.69, 9.17) is 4.74 Å². The van der Waals surface area contributed by atoms with Crippen molar-refractivity contribution in [3.8, 4) is 17.0 Å². The van der Waals surface area contributed by atoms with Crippen LogP contribution in [0.1, 0.15) is 23.1 Å². The van der Waals surface area contributed by atoms with Crippen molar-refractivity contribution < 1.29 is 22.3 Å². The zero-order valence-corrected chi connectivity index (χ0v) is 20.5. The number of aromatic nitrogens is 2. The molecule has 0 saturated carbocycles. The van der Waals surface area contributed by atoms with Crippen molar-refractivity contribution >= 4 is 21.7 Å². The number of sulfonamides is 1. The highest BCUT2D eigenvalue weighted by Crippen LogP contribution is 2.39. The van der Waals surface area contributed by atoms with E-state index < -0.39 is 21.3 Å². The molecule has 0 unspecified atom stereocenters. The van der Waals surface area contributed by atoms with Gasteiger partial charge < -0.3 is 10.1 Å². The van der Waals surface area contributed by atoms with Gasteiger partial charge in [0.15, 0.2) is 0 Å². The number of rotatable bonds is 7. The van der Waals surface area contributed by atoms with E-state index in [1.54, 1.807) is 24.5 Å². The molecule has 5 rings (SSSR count). The van der Waals surface area contributed by atoms with Crippen molar-refractivity contribution in [1.29, 1.82) is 0 Å². The van der Waals surface area contributed by atoms with E-state index in [2.05, 4.69) is 20.0 Å². The first-order chi connectivity index (χ1) is 17.3. The van der Waals surface area contributed by atoms with Gasteiger partial charge in [0.2, 0.25) is 15.9 Å². The molecule has 11 heteroatoms. The molecule has 0 spiro atoms. The van der Waals surface area contributed by atoms with E-state index in [1.807, 2.05) is 17.0 Å². The maximum Gasteiger partial charge on any atom is 0.332 e. The Morgan fingerprint density at radius 3 is 2.75 bits per heavy atom. The Balaban J connectivity index is 1.32. The lowest BCUT2D eigenvalue weighted by Gasteiger charge is -2.38. The summed E-state index contributed by atoms with van der Waals surface area (Å²) >= 11 is 0. The zero-order valence-electron chi connectivity index (χ0n) is 19.7. The van der Waals surface area contributed by atoms with Crippen LogP contribution in [0.2, 0.25) is 0 Å². The maximum absolute atomic E-state index is 14.9. The Hall–Kier alpha value is -3.57. The minimum Gasteiger partial charge on any atom is -0.481 e. The largest absolute Gasteiger partial charge is 0.481 e. The molecule has 1 fully saturated rings. The third kappa shape index (κ3) is 4.89. The molecule has 0 bridgehead atoms. The first-order valence-corrected chi connectivity index (χ1v) is 13.2. The number of fused-ring (bicyclic) bond motifs is 1. The van der Waals surface area contributed by atoms with Crippen LogP contribution < -0.4 is 14.8 Å². The Labute approximate surface area is 208 Å². The Morgan fingerprint density at radius 2 is 2.00 bits per heavy atom. The van der Waals surface area contributed by atoms with Crippen molar-refractivity contribution in [2.45, 2.75) is 31.1 Å². The number of likely N-dealkylation sites (tertiary alicyclic amines) is 1. The van der Waals surface area contributed by atoms with Gasteiger partial charge in [-0.15, -0.1) is 0 Å². The van der Waals surface area contributed by atoms with E-state index in [0.717, 1.165) is 12.0 Å². The number of carbonyl (C=O) groups excluding carboxylic acids is 1. The lowest BCUT2D eigenvalue weighted by atomic mass is 9.97. The monoisotopic (exact) mass is 511 g/mol. The molecule has 188 valence electrons. The van der Waals surface area contributed by atoms with E-state index in [0.29, 0.717) is 66.3 Å². The minimum atomic E-state index is -3.90. The predicted octanol–water partition coefficient (Wildman–Crippen LogP) is 3.12. The summed E-state index contributed by atoms with van der Waals surface area (Å²) in [6.07, 6.45) is 6.84. The molecule has 36 heavy (non-hydrogen) atoms. The van der Waals surface area contributed by atoms with Gasteiger partial charge in [-0.3, -0.25) is 9.88 Å². The van der Waals surface area contributed by atoms with E-state index in [-0.39, 0.29) is 5.82 Å². The van der Waals surface area contributed by atoms with Gasteiger partial charge in [0.1, 0.15) is 11.1 Å². The van der Waals surface area contributed by atoms with E-state index in [1.165, 1.54) is 19.4 Å². The first kappa shape index (κ1) is 24.1. The van der Waals surface area contributed by atoms with Crippen LogP contribution >= 0.6 is 0 Å². The number of ether oxygens (including phenoxy) is 1. The molecule has 3 heterocycles. The topological polar surface area (TPSA) is 114 Å². The highest BCUT2D eigenvalue weighted by atomic mass is 32.2. The van der Waals surface area contributed by atoms with Crippen LogP contribution in [-0.2, 0) is 29.4 Å².